The van der Waals surface area contributed by atoms with E-state index >= 15 is 0 Å². The highest BCUT2D eigenvalue weighted by Gasteiger charge is 2.31. The van der Waals surface area contributed by atoms with E-state index in [2.05, 4.69) is 20.8 Å². The molecule has 0 aromatic carbocycles. The fourth-order valence-corrected chi connectivity index (χ4v) is 2.70. The van der Waals surface area contributed by atoms with Crippen molar-refractivity contribution in [2.45, 2.75) is 71.3 Å². The fourth-order valence-electron chi connectivity index (χ4n) is 2.70. The molecule has 1 saturated carbocycles. The molecule has 1 nitrogen and oxygen atoms in total. The van der Waals surface area contributed by atoms with Gasteiger partial charge >= 0.3 is 0 Å². The topological polar surface area (TPSA) is 20.2 Å². The second kappa shape index (κ2) is 5.16. The van der Waals surface area contributed by atoms with Gasteiger partial charge in [-0.2, -0.15) is 0 Å². The first-order valence-corrected chi connectivity index (χ1v) is 6.24. The summed E-state index contributed by atoms with van der Waals surface area (Å²) < 4.78 is 0. The summed E-state index contributed by atoms with van der Waals surface area (Å²) in [7, 11) is 0. The maximum atomic E-state index is 10.4. The first-order chi connectivity index (χ1) is 6.52. The van der Waals surface area contributed by atoms with Crippen LogP contribution in [0.4, 0.5) is 0 Å². The van der Waals surface area contributed by atoms with Gasteiger partial charge in [-0.05, 0) is 31.1 Å². The minimum absolute atomic E-state index is 0.313. The van der Waals surface area contributed by atoms with Crippen LogP contribution in [0.2, 0.25) is 0 Å². The van der Waals surface area contributed by atoms with Gasteiger partial charge in [-0.3, -0.25) is 0 Å². The SMILES string of the molecule is CC(C)CCCC1(O)CCCC(C)C1. The van der Waals surface area contributed by atoms with E-state index in [9.17, 15) is 5.11 Å². The standard InChI is InChI=1S/C13H26O/c1-11(2)6-4-8-13(14)9-5-7-12(3)10-13/h11-12,14H,4-10H2,1-3H3. The lowest BCUT2D eigenvalue weighted by atomic mass is 9.76. The number of hydrogen-bond acceptors (Lipinski definition) is 1. The van der Waals surface area contributed by atoms with Gasteiger partial charge in [0.25, 0.3) is 0 Å². The molecule has 0 heterocycles. The van der Waals surface area contributed by atoms with Gasteiger partial charge in [-0.25, -0.2) is 0 Å². The average molecular weight is 198 g/mol. The second-order valence-corrected chi connectivity index (χ2v) is 5.71. The molecular weight excluding hydrogens is 172 g/mol. The normalized spacial score (nSPS) is 33.6. The molecule has 0 amide bonds. The fraction of sp³-hybridized carbons (Fsp3) is 1.00. The highest BCUT2D eigenvalue weighted by Crippen LogP contribution is 2.35. The maximum Gasteiger partial charge on any atom is 0.0650 e. The molecule has 0 spiro atoms. The summed E-state index contributed by atoms with van der Waals surface area (Å²) in [6.45, 7) is 6.79. The molecule has 0 radical (unpaired) electrons. The molecule has 84 valence electrons. The van der Waals surface area contributed by atoms with Crippen molar-refractivity contribution in [3.8, 4) is 0 Å². The molecule has 1 aliphatic rings. The van der Waals surface area contributed by atoms with Crippen LogP contribution in [0.1, 0.15) is 65.7 Å². The number of hydrogen-bond donors (Lipinski definition) is 1. The third-order valence-electron chi connectivity index (χ3n) is 3.49. The molecule has 0 aromatic rings. The molecule has 14 heavy (non-hydrogen) atoms. The van der Waals surface area contributed by atoms with Gasteiger partial charge < -0.3 is 5.11 Å². The summed E-state index contributed by atoms with van der Waals surface area (Å²) in [6, 6.07) is 0. The zero-order valence-corrected chi connectivity index (χ0v) is 10.1. The third kappa shape index (κ3) is 4.00. The van der Waals surface area contributed by atoms with Gasteiger partial charge in [0.15, 0.2) is 0 Å². The predicted molar refractivity (Wildman–Crippen MR) is 61.3 cm³/mol. The number of aliphatic hydroxyl groups is 1. The number of rotatable bonds is 4. The largest absolute Gasteiger partial charge is 0.390 e. The molecule has 2 unspecified atom stereocenters. The molecule has 1 rings (SSSR count). The van der Waals surface area contributed by atoms with Gasteiger partial charge in [0, 0.05) is 0 Å². The Kier molecular flexibility index (Phi) is 4.43. The Balaban J connectivity index is 2.26. The van der Waals surface area contributed by atoms with Crippen LogP contribution in [-0.4, -0.2) is 10.7 Å². The molecule has 0 bridgehead atoms. The molecule has 1 heteroatoms. The monoisotopic (exact) mass is 198 g/mol. The van der Waals surface area contributed by atoms with Crippen LogP contribution in [-0.2, 0) is 0 Å². The van der Waals surface area contributed by atoms with E-state index in [-0.39, 0.29) is 5.60 Å². The van der Waals surface area contributed by atoms with E-state index in [0.29, 0.717) is 0 Å². The van der Waals surface area contributed by atoms with Crippen LogP contribution in [0.25, 0.3) is 0 Å². The smallest absolute Gasteiger partial charge is 0.0650 e. The van der Waals surface area contributed by atoms with Crippen molar-refractivity contribution in [2.75, 3.05) is 0 Å². The van der Waals surface area contributed by atoms with Gasteiger partial charge in [0.05, 0.1) is 5.60 Å². The Bertz CT molecular complexity index is 165. The summed E-state index contributed by atoms with van der Waals surface area (Å²) in [5.41, 5.74) is -0.313. The van der Waals surface area contributed by atoms with Gasteiger partial charge in [-0.15, -0.1) is 0 Å². The Morgan fingerprint density at radius 1 is 1.43 bits per heavy atom. The Labute approximate surface area is 88.9 Å². The highest BCUT2D eigenvalue weighted by atomic mass is 16.3. The lowest BCUT2D eigenvalue weighted by Gasteiger charge is -2.35. The average Bonchev–Trinajstić information content (AvgIpc) is 2.01. The van der Waals surface area contributed by atoms with E-state index in [1.165, 1.54) is 25.7 Å². The predicted octanol–water partition coefficient (Wildman–Crippen LogP) is 3.75. The van der Waals surface area contributed by atoms with Crippen LogP contribution in [0.5, 0.6) is 0 Å². The third-order valence-corrected chi connectivity index (χ3v) is 3.49. The van der Waals surface area contributed by atoms with Crippen molar-refractivity contribution in [1.82, 2.24) is 0 Å². The summed E-state index contributed by atoms with van der Waals surface area (Å²) in [5, 5.41) is 10.4. The minimum atomic E-state index is -0.313. The van der Waals surface area contributed by atoms with Gasteiger partial charge in [-0.1, -0.05) is 46.5 Å². The molecule has 1 aliphatic carbocycles. The van der Waals surface area contributed by atoms with Crippen LogP contribution < -0.4 is 0 Å². The minimum Gasteiger partial charge on any atom is -0.390 e. The first-order valence-electron chi connectivity index (χ1n) is 6.24. The quantitative estimate of drug-likeness (QED) is 0.729. The lowest BCUT2D eigenvalue weighted by molar-refractivity contribution is -0.0224. The summed E-state index contributed by atoms with van der Waals surface area (Å²) in [6.07, 6.45) is 8.08. The van der Waals surface area contributed by atoms with Crippen molar-refractivity contribution in [2.24, 2.45) is 11.8 Å². The van der Waals surface area contributed by atoms with E-state index in [0.717, 1.165) is 31.1 Å². The maximum absolute atomic E-state index is 10.4. The van der Waals surface area contributed by atoms with Crippen LogP contribution >= 0.6 is 0 Å². The van der Waals surface area contributed by atoms with Crippen molar-refractivity contribution >= 4 is 0 Å². The first kappa shape index (κ1) is 12.0. The van der Waals surface area contributed by atoms with Gasteiger partial charge in [0.1, 0.15) is 0 Å². The Morgan fingerprint density at radius 3 is 2.71 bits per heavy atom. The zero-order chi connectivity index (χ0) is 10.6. The van der Waals surface area contributed by atoms with Crippen molar-refractivity contribution in [3.05, 3.63) is 0 Å². The zero-order valence-electron chi connectivity index (χ0n) is 10.1. The van der Waals surface area contributed by atoms with Crippen molar-refractivity contribution in [3.63, 3.8) is 0 Å². The molecule has 1 fully saturated rings. The Hall–Kier alpha value is -0.0400. The van der Waals surface area contributed by atoms with Crippen LogP contribution in [0.15, 0.2) is 0 Å². The molecule has 2 atom stereocenters. The second-order valence-electron chi connectivity index (χ2n) is 5.71. The molecule has 0 saturated heterocycles. The molecule has 0 aliphatic heterocycles. The van der Waals surface area contributed by atoms with E-state index in [1.54, 1.807) is 0 Å². The van der Waals surface area contributed by atoms with Gasteiger partial charge in [0.2, 0.25) is 0 Å². The highest BCUT2D eigenvalue weighted by molar-refractivity contribution is 4.84. The molecule has 1 N–H and O–H groups in total. The van der Waals surface area contributed by atoms with Crippen molar-refractivity contribution in [1.29, 1.82) is 0 Å². The Morgan fingerprint density at radius 2 is 2.14 bits per heavy atom. The van der Waals surface area contributed by atoms with Crippen LogP contribution in [0, 0.1) is 11.8 Å². The molecular formula is C13H26O. The summed E-state index contributed by atoms with van der Waals surface area (Å²) in [4.78, 5) is 0. The summed E-state index contributed by atoms with van der Waals surface area (Å²) in [5.74, 6) is 1.51. The lowest BCUT2D eigenvalue weighted by Crippen LogP contribution is -2.34. The van der Waals surface area contributed by atoms with E-state index in [1.807, 2.05) is 0 Å². The van der Waals surface area contributed by atoms with E-state index < -0.39 is 0 Å². The summed E-state index contributed by atoms with van der Waals surface area (Å²) >= 11 is 0. The van der Waals surface area contributed by atoms with Crippen LogP contribution in [0.3, 0.4) is 0 Å². The molecule has 0 aromatic heterocycles. The van der Waals surface area contributed by atoms with Crippen molar-refractivity contribution < 1.29 is 5.11 Å². The van der Waals surface area contributed by atoms with E-state index in [4.69, 9.17) is 0 Å².